The lowest BCUT2D eigenvalue weighted by molar-refractivity contribution is -0.132. The fourth-order valence-corrected chi connectivity index (χ4v) is 4.27. The first-order valence-corrected chi connectivity index (χ1v) is 10.8. The van der Waals surface area contributed by atoms with Gasteiger partial charge in [-0.25, -0.2) is 0 Å². The molecule has 0 aliphatic carbocycles. The number of aliphatic hydroxyl groups is 1. The number of Topliss-reactive ketones (excluding diaryl/α,β-unsaturated/α-hetero) is 1. The van der Waals surface area contributed by atoms with Crippen LogP contribution in [0, 0.1) is 0 Å². The maximum Gasteiger partial charge on any atom is 0.300 e. The van der Waals surface area contributed by atoms with Crippen molar-refractivity contribution in [2.24, 2.45) is 0 Å². The van der Waals surface area contributed by atoms with E-state index in [0.29, 0.717) is 22.7 Å². The zero-order chi connectivity index (χ0) is 25.3. The molecular weight excluding hydrogens is 474 g/mol. The summed E-state index contributed by atoms with van der Waals surface area (Å²) in [6, 6.07) is 14.4. The normalized spacial score (nSPS) is 16.9. The summed E-state index contributed by atoms with van der Waals surface area (Å²) in [5.74, 6) is -0.996. The van der Waals surface area contributed by atoms with E-state index in [1.54, 1.807) is 42.5 Å². The van der Waals surface area contributed by atoms with Gasteiger partial charge in [0.05, 0.1) is 43.5 Å². The van der Waals surface area contributed by atoms with Gasteiger partial charge in [-0.1, -0.05) is 23.7 Å². The Bertz CT molecular complexity index is 1330. The topological polar surface area (TPSA) is 106 Å². The second kappa shape index (κ2) is 9.60. The Morgan fingerprint density at radius 2 is 1.57 bits per heavy atom. The lowest BCUT2D eigenvalue weighted by Gasteiger charge is -2.26. The molecular formula is C26H22ClNO7. The number of carbonyl (C=O) groups excluding carboxylic acids is 2. The monoisotopic (exact) mass is 495 g/mol. The number of phenolic OH excluding ortho intramolecular Hbond substituents is 1. The van der Waals surface area contributed by atoms with Crippen LogP contribution in [-0.2, 0) is 9.59 Å². The molecule has 0 radical (unpaired) electrons. The van der Waals surface area contributed by atoms with E-state index < -0.39 is 23.5 Å². The highest BCUT2D eigenvalue weighted by atomic mass is 35.5. The van der Waals surface area contributed by atoms with Gasteiger partial charge in [-0.15, -0.1) is 0 Å². The van der Waals surface area contributed by atoms with Gasteiger partial charge in [0.25, 0.3) is 11.7 Å². The van der Waals surface area contributed by atoms with E-state index in [1.165, 1.54) is 44.4 Å². The van der Waals surface area contributed by atoms with Crippen molar-refractivity contribution < 1.29 is 34.0 Å². The molecule has 0 bridgehead atoms. The number of phenols is 1. The number of ketones is 1. The molecule has 1 aliphatic rings. The second-order valence-electron chi connectivity index (χ2n) is 7.65. The quantitative estimate of drug-likeness (QED) is 0.290. The van der Waals surface area contributed by atoms with Gasteiger partial charge < -0.3 is 24.4 Å². The standard InChI is InChI=1S/C26H22ClNO7/c1-33-17-9-10-18(21(13-17)35-3)24(30)22-23(14-4-7-16(29)8-5-14)28(26(32)25(22)31)15-6-11-20(34-2)19(27)12-15/h4-13,23,29-30H,1-3H3/b24-22-. The summed E-state index contributed by atoms with van der Waals surface area (Å²) in [7, 11) is 4.37. The van der Waals surface area contributed by atoms with Crippen LogP contribution in [0.4, 0.5) is 5.69 Å². The number of rotatable bonds is 6. The van der Waals surface area contributed by atoms with Crippen LogP contribution >= 0.6 is 11.6 Å². The van der Waals surface area contributed by atoms with Crippen LogP contribution < -0.4 is 19.1 Å². The van der Waals surface area contributed by atoms with Crippen molar-refractivity contribution in [3.8, 4) is 23.0 Å². The zero-order valence-electron chi connectivity index (χ0n) is 19.1. The maximum atomic E-state index is 13.3. The van der Waals surface area contributed by atoms with E-state index in [1.807, 2.05) is 0 Å². The third-order valence-corrected chi connectivity index (χ3v) is 6.03. The van der Waals surface area contributed by atoms with Crippen LogP contribution in [0.3, 0.4) is 0 Å². The van der Waals surface area contributed by atoms with Crippen LogP contribution in [0.1, 0.15) is 17.2 Å². The molecule has 3 aromatic rings. The molecule has 1 heterocycles. The van der Waals surface area contributed by atoms with Crippen molar-refractivity contribution in [2.45, 2.75) is 6.04 Å². The molecule has 3 aromatic carbocycles. The summed E-state index contributed by atoms with van der Waals surface area (Å²) in [5, 5.41) is 21.4. The van der Waals surface area contributed by atoms with Crippen LogP contribution in [0.15, 0.2) is 66.2 Å². The highest BCUT2D eigenvalue weighted by molar-refractivity contribution is 6.52. The Kier molecular flexibility index (Phi) is 6.57. The summed E-state index contributed by atoms with van der Waals surface area (Å²) in [4.78, 5) is 27.8. The lowest BCUT2D eigenvalue weighted by Crippen LogP contribution is -2.29. The van der Waals surface area contributed by atoms with Crippen molar-refractivity contribution in [2.75, 3.05) is 26.2 Å². The first-order valence-electron chi connectivity index (χ1n) is 10.5. The third kappa shape index (κ3) is 4.24. The number of hydrogen-bond donors (Lipinski definition) is 2. The van der Waals surface area contributed by atoms with Gasteiger partial charge >= 0.3 is 0 Å². The minimum Gasteiger partial charge on any atom is -0.508 e. The van der Waals surface area contributed by atoms with Gasteiger partial charge in [-0.3, -0.25) is 14.5 Å². The predicted molar refractivity (Wildman–Crippen MR) is 130 cm³/mol. The summed E-state index contributed by atoms with van der Waals surface area (Å²) in [6.07, 6.45) is 0. The molecule has 1 saturated heterocycles. The number of aromatic hydroxyl groups is 1. The molecule has 35 heavy (non-hydrogen) atoms. The Hall–Kier alpha value is -4.17. The minimum absolute atomic E-state index is 0.00928. The predicted octanol–water partition coefficient (Wildman–Crippen LogP) is 4.70. The Balaban J connectivity index is 1.96. The summed E-state index contributed by atoms with van der Waals surface area (Å²) >= 11 is 6.30. The number of anilines is 1. The SMILES string of the molecule is COc1ccc(/C(O)=C2/C(=O)C(=O)N(c3ccc(OC)c(Cl)c3)C2c2ccc(O)cc2)c(OC)c1. The van der Waals surface area contributed by atoms with Crippen molar-refractivity contribution in [1.82, 2.24) is 0 Å². The number of carbonyl (C=O) groups is 2. The van der Waals surface area contributed by atoms with Gasteiger partial charge in [-0.05, 0) is 48.0 Å². The smallest absolute Gasteiger partial charge is 0.300 e. The van der Waals surface area contributed by atoms with Crippen molar-refractivity contribution in [1.29, 1.82) is 0 Å². The van der Waals surface area contributed by atoms with Gasteiger partial charge in [0.1, 0.15) is 28.8 Å². The zero-order valence-corrected chi connectivity index (χ0v) is 19.9. The van der Waals surface area contributed by atoms with Crippen LogP contribution in [-0.4, -0.2) is 43.2 Å². The van der Waals surface area contributed by atoms with Crippen LogP contribution in [0.5, 0.6) is 23.0 Å². The van der Waals surface area contributed by atoms with Crippen molar-refractivity contribution in [3.05, 3.63) is 82.4 Å². The van der Waals surface area contributed by atoms with Gasteiger partial charge in [0.15, 0.2) is 0 Å². The number of aliphatic hydroxyl groups excluding tert-OH is 1. The molecule has 2 N–H and O–H groups in total. The van der Waals surface area contributed by atoms with Gasteiger partial charge in [0.2, 0.25) is 0 Å². The summed E-state index contributed by atoms with van der Waals surface area (Å²) in [5.41, 5.74) is 0.888. The van der Waals surface area contributed by atoms with Crippen molar-refractivity contribution >= 4 is 34.7 Å². The first-order chi connectivity index (χ1) is 16.8. The van der Waals surface area contributed by atoms with E-state index in [4.69, 9.17) is 25.8 Å². The molecule has 1 aliphatic heterocycles. The fourth-order valence-electron chi connectivity index (χ4n) is 4.02. The molecule has 4 rings (SSSR count). The van der Waals surface area contributed by atoms with Crippen LogP contribution in [0.25, 0.3) is 5.76 Å². The molecule has 1 fully saturated rings. The molecule has 9 heteroatoms. The molecule has 8 nitrogen and oxygen atoms in total. The van der Waals surface area contributed by atoms with Crippen LogP contribution in [0.2, 0.25) is 5.02 Å². The van der Waals surface area contributed by atoms with E-state index in [9.17, 15) is 19.8 Å². The molecule has 1 unspecified atom stereocenters. The maximum absolute atomic E-state index is 13.3. The summed E-state index contributed by atoms with van der Waals surface area (Å²) < 4.78 is 15.8. The van der Waals surface area contributed by atoms with E-state index in [2.05, 4.69) is 0 Å². The molecule has 0 aromatic heterocycles. The average molecular weight is 496 g/mol. The Labute approximate surface area is 206 Å². The number of nitrogens with zero attached hydrogens (tertiary/aromatic N) is 1. The first kappa shape index (κ1) is 24.0. The minimum atomic E-state index is -1.01. The highest BCUT2D eigenvalue weighted by Crippen LogP contribution is 2.45. The van der Waals surface area contributed by atoms with E-state index in [-0.39, 0.29) is 27.7 Å². The Morgan fingerprint density at radius 3 is 2.17 bits per heavy atom. The lowest BCUT2D eigenvalue weighted by atomic mass is 9.94. The number of hydrogen-bond acceptors (Lipinski definition) is 7. The number of ether oxygens (including phenoxy) is 3. The largest absolute Gasteiger partial charge is 0.508 e. The number of halogens is 1. The van der Waals surface area contributed by atoms with E-state index in [0.717, 1.165) is 0 Å². The molecule has 0 spiro atoms. The van der Waals surface area contributed by atoms with Gasteiger partial charge in [0, 0.05) is 11.8 Å². The fraction of sp³-hybridized carbons (Fsp3) is 0.154. The third-order valence-electron chi connectivity index (χ3n) is 5.73. The summed E-state index contributed by atoms with van der Waals surface area (Å²) in [6.45, 7) is 0. The average Bonchev–Trinajstić information content (AvgIpc) is 3.13. The van der Waals surface area contributed by atoms with Gasteiger partial charge in [-0.2, -0.15) is 0 Å². The highest BCUT2D eigenvalue weighted by Gasteiger charge is 2.47. The molecule has 1 atom stereocenters. The second-order valence-corrected chi connectivity index (χ2v) is 8.05. The molecule has 1 amide bonds. The number of methoxy groups -OCH3 is 3. The molecule has 0 saturated carbocycles. The number of benzene rings is 3. The van der Waals surface area contributed by atoms with Crippen molar-refractivity contribution in [3.63, 3.8) is 0 Å². The number of amides is 1. The molecule has 180 valence electrons. The van der Waals surface area contributed by atoms with E-state index >= 15 is 0 Å². The Morgan fingerprint density at radius 1 is 0.886 bits per heavy atom.